The van der Waals surface area contributed by atoms with Crippen LogP contribution < -0.4 is 0 Å². The minimum atomic E-state index is 0.644. The van der Waals surface area contributed by atoms with Crippen molar-refractivity contribution in [2.24, 2.45) is 0 Å². The first-order valence-electron chi connectivity index (χ1n) is 16.9. The molecule has 4 aromatic heterocycles. The Bertz CT molecular complexity index is 3080. The molecule has 0 atom stereocenters. The van der Waals surface area contributed by atoms with Gasteiger partial charge in [0.05, 0.1) is 11.0 Å². The molecular formula is C45H26N4OS. The molecule has 5 nitrogen and oxygen atoms in total. The second-order valence-electron chi connectivity index (χ2n) is 12.8. The number of hydrogen-bond acceptors (Lipinski definition) is 5. The number of benzene rings is 7. The van der Waals surface area contributed by atoms with Gasteiger partial charge in [0.2, 0.25) is 0 Å². The molecule has 0 bridgehead atoms. The first-order chi connectivity index (χ1) is 25.3. The number of para-hydroxylation sites is 2. The minimum Gasteiger partial charge on any atom is -0.456 e. The van der Waals surface area contributed by atoms with Crippen LogP contribution in [0.3, 0.4) is 0 Å². The molecule has 0 aliphatic rings. The van der Waals surface area contributed by atoms with Gasteiger partial charge in [0, 0.05) is 64.1 Å². The van der Waals surface area contributed by atoms with Crippen molar-refractivity contribution in [1.82, 2.24) is 19.5 Å². The van der Waals surface area contributed by atoms with Gasteiger partial charge in [-0.1, -0.05) is 115 Å². The van der Waals surface area contributed by atoms with Crippen LogP contribution in [0.1, 0.15) is 0 Å². The van der Waals surface area contributed by atoms with Gasteiger partial charge in [-0.05, 0) is 42.5 Å². The lowest BCUT2D eigenvalue weighted by atomic mass is 10.1. The molecule has 0 saturated heterocycles. The van der Waals surface area contributed by atoms with E-state index in [0.717, 1.165) is 65.4 Å². The Balaban J connectivity index is 1.25. The van der Waals surface area contributed by atoms with E-state index in [1.165, 1.54) is 20.9 Å². The van der Waals surface area contributed by atoms with Gasteiger partial charge in [0.1, 0.15) is 11.2 Å². The SMILES string of the molecule is c1ccc(-c2nc(-c3ccccc3)nc(-c3cc(-n4c5ccccc5c5cc6oc7ccccc7c6cc54)cc4c3sc3ccccc34)n2)cc1. The molecule has 4 heterocycles. The topological polar surface area (TPSA) is 56.7 Å². The predicted octanol–water partition coefficient (Wildman–Crippen LogP) is 12.2. The third kappa shape index (κ3) is 4.37. The molecule has 0 fully saturated rings. The molecule has 0 aliphatic heterocycles. The predicted molar refractivity (Wildman–Crippen MR) is 211 cm³/mol. The number of thiophene rings is 1. The molecule has 0 unspecified atom stereocenters. The first-order valence-corrected chi connectivity index (χ1v) is 17.8. The maximum Gasteiger partial charge on any atom is 0.165 e. The largest absolute Gasteiger partial charge is 0.456 e. The van der Waals surface area contributed by atoms with E-state index >= 15 is 0 Å². The quantitative estimate of drug-likeness (QED) is 0.187. The van der Waals surface area contributed by atoms with Crippen LogP contribution in [0.25, 0.3) is 104 Å². The van der Waals surface area contributed by atoms with Crippen molar-refractivity contribution in [2.75, 3.05) is 0 Å². The number of hydrogen-bond donors (Lipinski definition) is 0. The summed E-state index contributed by atoms with van der Waals surface area (Å²) in [7, 11) is 0. The maximum atomic E-state index is 6.36. The van der Waals surface area contributed by atoms with Crippen LogP contribution in [0, 0.1) is 0 Å². The molecule has 0 aliphatic carbocycles. The first kappa shape index (κ1) is 28.2. The molecule has 7 aromatic carbocycles. The summed E-state index contributed by atoms with van der Waals surface area (Å²) in [5, 5.41) is 6.91. The van der Waals surface area contributed by atoms with Crippen LogP contribution in [0.5, 0.6) is 0 Å². The lowest BCUT2D eigenvalue weighted by Gasteiger charge is -2.13. The molecule has 238 valence electrons. The second-order valence-corrected chi connectivity index (χ2v) is 13.9. The van der Waals surface area contributed by atoms with Gasteiger partial charge >= 0.3 is 0 Å². The number of rotatable bonds is 4. The zero-order valence-corrected chi connectivity index (χ0v) is 27.9. The number of furan rings is 1. The van der Waals surface area contributed by atoms with Gasteiger partial charge in [-0.25, -0.2) is 15.0 Å². The summed E-state index contributed by atoms with van der Waals surface area (Å²) in [6.07, 6.45) is 0. The molecule has 6 heteroatoms. The molecule has 0 radical (unpaired) electrons. The van der Waals surface area contributed by atoms with Gasteiger partial charge in [-0.15, -0.1) is 11.3 Å². The monoisotopic (exact) mass is 670 g/mol. The molecule has 0 saturated carbocycles. The average molecular weight is 671 g/mol. The van der Waals surface area contributed by atoms with Crippen LogP contribution in [0.15, 0.2) is 162 Å². The van der Waals surface area contributed by atoms with Crippen molar-refractivity contribution >= 4 is 75.3 Å². The number of nitrogens with zero attached hydrogens (tertiary/aromatic N) is 4. The van der Waals surface area contributed by atoms with E-state index in [1.807, 2.05) is 48.5 Å². The van der Waals surface area contributed by atoms with Crippen molar-refractivity contribution in [3.63, 3.8) is 0 Å². The van der Waals surface area contributed by atoms with Crippen molar-refractivity contribution in [1.29, 1.82) is 0 Å². The van der Waals surface area contributed by atoms with E-state index in [0.29, 0.717) is 17.5 Å². The molecule has 51 heavy (non-hydrogen) atoms. The van der Waals surface area contributed by atoms with Crippen LogP contribution >= 0.6 is 11.3 Å². The highest BCUT2D eigenvalue weighted by atomic mass is 32.1. The van der Waals surface area contributed by atoms with Crippen molar-refractivity contribution in [2.45, 2.75) is 0 Å². The van der Waals surface area contributed by atoms with E-state index < -0.39 is 0 Å². The number of aromatic nitrogens is 4. The summed E-state index contributed by atoms with van der Waals surface area (Å²) < 4.78 is 11.1. The van der Waals surface area contributed by atoms with Gasteiger partial charge in [0.15, 0.2) is 17.5 Å². The second kappa shape index (κ2) is 10.9. The third-order valence-electron chi connectivity index (χ3n) is 9.83. The summed E-state index contributed by atoms with van der Waals surface area (Å²) in [5.74, 6) is 1.93. The average Bonchev–Trinajstić information content (AvgIpc) is 3.86. The van der Waals surface area contributed by atoms with Crippen LogP contribution in [0.2, 0.25) is 0 Å². The molecule has 0 N–H and O–H groups in total. The molecular weight excluding hydrogens is 645 g/mol. The van der Waals surface area contributed by atoms with E-state index in [4.69, 9.17) is 19.4 Å². The zero-order chi connectivity index (χ0) is 33.5. The van der Waals surface area contributed by atoms with Crippen LogP contribution in [-0.4, -0.2) is 19.5 Å². The highest BCUT2D eigenvalue weighted by Gasteiger charge is 2.21. The fourth-order valence-electron chi connectivity index (χ4n) is 7.50. The van der Waals surface area contributed by atoms with Gasteiger partial charge < -0.3 is 8.98 Å². The summed E-state index contributed by atoms with van der Waals surface area (Å²) in [6.45, 7) is 0. The Morgan fingerprint density at radius 2 is 1.06 bits per heavy atom. The normalized spacial score (nSPS) is 11.9. The lowest BCUT2D eigenvalue weighted by molar-refractivity contribution is 0.669. The van der Waals surface area contributed by atoms with Crippen molar-refractivity contribution < 1.29 is 4.42 Å². The smallest absolute Gasteiger partial charge is 0.165 e. The fraction of sp³-hybridized carbons (Fsp3) is 0. The summed E-state index contributed by atoms with van der Waals surface area (Å²) in [4.78, 5) is 15.4. The third-order valence-corrected chi connectivity index (χ3v) is 11.1. The Labute approximate surface area is 295 Å². The van der Waals surface area contributed by atoms with Crippen LogP contribution in [-0.2, 0) is 0 Å². The molecule has 11 rings (SSSR count). The molecule has 0 spiro atoms. The Morgan fingerprint density at radius 1 is 0.431 bits per heavy atom. The van der Waals surface area contributed by atoms with Crippen LogP contribution in [0.4, 0.5) is 0 Å². The summed E-state index contributed by atoms with van der Waals surface area (Å²) in [6, 6.07) is 54.9. The Morgan fingerprint density at radius 3 is 1.82 bits per heavy atom. The minimum absolute atomic E-state index is 0.644. The van der Waals surface area contributed by atoms with Crippen molar-refractivity contribution in [3.05, 3.63) is 158 Å². The Kier molecular flexibility index (Phi) is 6.05. The fourth-order valence-corrected chi connectivity index (χ4v) is 8.69. The van der Waals surface area contributed by atoms with Gasteiger partial charge in [-0.3, -0.25) is 0 Å². The molecule has 11 aromatic rings. The maximum absolute atomic E-state index is 6.36. The van der Waals surface area contributed by atoms with Gasteiger partial charge in [0.25, 0.3) is 0 Å². The van der Waals surface area contributed by atoms with E-state index in [9.17, 15) is 0 Å². The van der Waals surface area contributed by atoms with E-state index in [-0.39, 0.29) is 0 Å². The van der Waals surface area contributed by atoms with E-state index in [1.54, 1.807) is 11.3 Å². The number of fused-ring (bicyclic) bond motifs is 9. The lowest BCUT2D eigenvalue weighted by Crippen LogP contribution is -2.01. The standard InChI is InChI=1S/C45H26N4OS/c1-3-13-27(14-4-1)43-46-44(28-15-5-2-6-16-28)48-45(47-43)36-24-29(23-35-32-19-9-12-22-41(32)51-42(35)36)49-37-20-10-7-17-30(37)33-26-40-34(25-38(33)49)31-18-8-11-21-39(31)50-40/h1-26H. The Hall–Kier alpha value is -6.63. The summed E-state index contributed by atoms with van der Waals surface area (Å²) in [5.41, 5.74) is 7.93. The van der Waals surface area contributed by atoms with Gasteiger partial charge in [-0.2, -0.15) is 0 Å². The highest BCUT2D eigenvalue weighted by molar-refractivity contribution is 7.26. The van der Waals surface area contributed by atoms with Crippen molar-refractivity contribution in [3.8, 4) is 39.9 Å². The summed E-state index contributed by atoms with van der Waals surface area (Å²) >= 11 is 1.78. The van der Waals surface area contributed by atoms with E-state index in [2.05, 4.69) is 114 Å². The zero-order valence-electron chi connectivity index (χ0n) is 27.1. The highest BCUT2D eigenvalue weighted by Crippen LogP contribution is 2.44. The molecule has 0 amide bonds.